The number of benzene rings is 3. The second kappa shape index (κ2) is 11.6. The molecule has 0 saturated carbocycles. The maximum atomic E-state index is 12.8. The zero-order valence-electron chi connectivity index (χ0n) is 22.5. The molecule has 0 unspecified atom stereocenters. The highest BCUT2D eigenvalue weighted by Gasteiger charge is 2.16. The summed E-state index contributed by atoms with van der Waals surface area (Å²) in [5, 5.41) is 10.7. The number of aryl methyl sites for hydroxylation is 2. The third kappa shape index (κ3) is 6.10. The van der Waals surface area contributed by atoms with Crippen molar-refractivity contribution in [2.24, 2.45) is 5.10 Å². The summed E-state index contributed by atoms with van der Waals surface area (Å²) in [5.41, 5.74) is 9.11. The van der Waals surface area contributed by atoms with Crippen LogP contribution in [-0.4, -0.2) is 31.9 Å². The molecule has 0 aliphatic rings. The van der Waals surface area contributed by atoms with Gasteiger partial charge in [-0.15, -0.1) is 0 Å². The highest BCUT2D eigenvalue weighted by Crippen LogP contribution is 2.29. The van der Waals surface area contributed by atoms with E-state index in [-0.39, 0.29) is 5.91 Å². The molecule has 3 heterocycles. The Balaban J connectivity index is 1.17. The van der Waals surface area contributed by atoms with E-state index >= 15 is 0 Å². The molecule has 0 fully saturated rings. The molecule has 202 valence electrons. The summed E-state index contributed by atoms with van der Waals surface area (Å²) < 4.78 is 7.85. The molecule has 0 bridgehead atoms. The first-order valence-corrected chi connectivity index (χ1v) is 14.0. The Kier molecular flexibility index (Phi) is 7.42. The van der Waals surface area contributed by atoms with Gasteiger partial charge in [-0.2, -0.15) is 10.2 Å². The Morgan fingerprint density at radius 3 is 2.44 bits per heavy atom. The van der Waals surface area contributed by atoms with Crippen molar-refractivity contribution in [3.05, 3.63) is 125 Å². The van der Waals surface area contributed by atoms with E-state index in [1.807, 2.05) is 98.9 Å². The normalized spacial score (nSPS) is 11.4. The minimum Gasteiger partial charge on any atom is -0.454 e. The summed E-state index contributed by atoms with van der Waals surface area (Å²) >= 11 is 1.57. The number of carbonyl (C=O) groups is 1. The van der Waals surface area contributed by atoms with E-state index in [1.165, 1.54) is 0 Å². The van der Waals surface area contributed by atoms with Crippen LogP contribution >= 0.6 is 11.8 Å². The van der Waals surface area contributed by atoms with Gasteiger partial charge in [0.25, 0.3) is 5.91 Å². The molecule has 1 amide bonds. The third-order valence-electron chi connectivity index (χ3n) is 6.34. The molecule has 3 aromatic carbocycles. The van der Waals surface area contributed by atoms with Crippen molar-refractivity contribution < 1.29 is 9.21 Å². The standard InChI is InChI=1S/C32H26N6O2S/c1-21-16-22(2)35-32(34-21)41-20-23-12-14-24(15-13-23)31(39)36-33-18-26-19-38(27-9-4-3-5-10-27)37-30(26)29-17-25-8-6-7-11-28(25)40-29/h3-19H,20H2,1-2H3,(H,36,39)/b33-18-. The molecule has 6 rings (SSSR count). The number of furan rings is 1. The zero-order valence-corrected chi connectivity index (χ0v) is 23.3. The lowest BCUT2D eigenvalue weighted by Crippen LogP contribution is -2.17. The molecule has 0 atom stereocenters. The molecule has 0 aliphatic heterocycles. The Bertz CT molecular complexity index is 1810. The fraction of sp³-hybridized carbons (Fsp3) is 0.0938. The zero-order chi connectivity index (χ0) is 28.2. The number of hydrogen-bond donors (Lipinski definition) is 1. The summed E-state index contributed by atoms with van der Waals surface area (Å²) in [7, 11) is 0. The van der Waals surface area contributed by atoms with Gasteiger partial charge < -0.3 is 4.42 Å². The van der Waals surface area contributed by atoms with Crippen LogP contribution in [0.2, 0.25) is 0 Å². The lowest BCUT2D eigenvalue weighted by Gasteiger charge is -2.05. The van der Waals surface area contributed by atoms with E-state index in [2.05, 4.69) is 20.5 Å². The first-order valence-electron chi connectivity index (χ1n) is 13.0. The van der Waals surface area contributed by atoms with Gasteiger partial charge in [0.1, 0.15) is 11.3 Å². The summed E-state index contributed by atoms with van der Waals surface area (Å²) in [6.45, 7) is 3.92. The Labute approximate surface area is 241 Å². The molecule has 0 aliphatic carbocycles. The van der Waals surface area contributed by atoms with Gasteiger partial charge in [0.05, 0.1) is 11.9 Å². The van der Waals surface area contributed by atoms with Crippen LogP contribution in [-0.2, 0) is 5.75 Å². The van der Waals surface area contributed by atoms with Crippen molar-refractivity contribution >= 4 is 34.9 Å². The van der Waals surface area contributed by atoms with Gasteiger partial charge in [0.15, 0.2) is 10.9 Å². The van der Waals surface area contributed by atoms with E-state index in [0.29, 0.717) is 28.3 Å². The minimum atomic E-state index is -0.307. The number of rotatable bonds is 8. The van der Waals surface area contributed by atoms with Crippen molar-refractivity contribution in [3.63, 3.8) is 0 Å². The van der Waals surface area contributed by atoms with Crippen LogP contribution in [0.5, 0.6) is 0 Å². The highest BCUT2D eigenvalue weighted by atomic mass is 32.2. The number of nitrogens with one attached hydrogen (secondary N) is 1. The van der Waals surface area contributed by atoms with E-state index < -0.39 is 0 Å². The quantitative estimate of drug-likeness (QED) is 0.0961. The summed E-state index contributed by atoms with van der Waals surface area (Å²) in [4.78, 5) is 21.7. The van der Waals surface area contributed by atoms with E-state index in [9.17, 15) is 4.79 Å². The number of para-hydroxylation sites is 2. The molecular weight excluding hydrogens is 532 g/mol. The molecule has 8 nitrogen and oxygen atoms in total. The SMILES string of the molecule is Cc1cc(C)nc(SCc2ccc(C(=O)N/N=C\c3cn(-c4ccccc4)nc3-c3cc4ccccc4o3)cc2)n1. The number of hydrogen-bond acceptors (Lipinski definition) is 7. The summed E-state index contributed by atoms with van der Waals surface area (Å²) in [6, 6.07) is 28.9. The van der Waals surface area contributed by atoms with Gasteiger partial charge in [-0.25, -0.2) is 20.1 Å². The molecule has 3 aromatic heterocycles. The summed E-state index contributed by atoms with van der Waals surface area (Å²) in [6.07, 6.45) is 3.45. The topological polar surface area (TPSA) is 98.2 Å². The molecule has 1 N–H and O–H groups in total. The first kappa shape index (κ1) is 26.2. The number of carbonyl (C=O) groups excluding carboxylic acids is 1. The fourth-order valence-electron chi connectivity index (χ4n) is 4.37. The van der Waals surface area contributed by atoms with Gasteiger partial charge in [0, 0.05) is 39.9 Å². The van der Waals surface area contributed by atoms with E-state index in [0.717, 1.165) is 38.8 Å². The Morgan fingerprint density at radius 1 is 0.951 bits per heavy atom. The Hall–Kier alpha value is -5.02. The largest absolute Gasteiger partial charge is 0.454 e. The summed E-state index contributed by atoms with van der Waals surface area (Å²) in [5.74, 6) is 1.02. The first-order chi connectivity index (χ1) is 20.0. The number of nitrogens with zero attached hydrogens (tertiary/aromatic N) is 5. The van der Waals surface area contributed by atoms with E-state index in [4.69, 9.17) is 9.52 Å². The second-order valence-corrected chi connectivity index (χ2v) is 10.4. The lowest BCUT2D eigenvalue weighted by atomic mass is 10.1. The smallest absolute Gasteiger partial charge is 0.271 e. The maximum absolute atomic E-state index is 12.8. The molecule has 0 radical (unpaired) electrons. The number of amides is 1. The van der Waals surface area contributed by atoms with Crippen LogP contribution in [0.3, 0.4) is 0 Å². The van der Waals surface area contributed by atoms with Crippen LogP contribution in [0.1, 0.15) is 32.9 Å². The third-order valence-corrected chi connectivity index (χ3v) is 7.26. The number of hydrazone groups is 1. The molecule has 9 heteroatoms. The predicted octanol–water partition coefficient (Wildman–Crippen LogP) is 6.75. The van der Waals surface area contributed by atoms with Crippen LogP contribution in [0.4, 0.5) is 0 Å². The van der Waals surface area contributed by atoms with Gasteiger partial charge in [-0.05, 0) is 61.9 Å². The number of thioether (sulfide) groups is 1. The van der Waals surface area contributed by atoms with Gasteiger partial charge in [-0.1, -0.05) is 60.3 Å². The Morgan fingerprint density at radius 2 is 1.68 bits per heavy atom. The minimum absolute atomic E-state index is 0.307. The van der Waals surface area contributed by atoms with Crippen LogP contribution in [0, 0.1) is 13.8 Å². The molecule has 0 saturated heterocycles. The van der Waals surface area contributed by atoms with Crippen molar-refractivity contribution in [2.45, 2.75) is 24.8 Å². The predicted molar refractivity (Wildman–Crippen MR) is 161 cm³/mol. The van der Waals surface area contributed by atoms with Gasteiger partial charge >= 0.3 is 0 Å². The lowest BCUT2D eigenvalue weighted by molar-refractivity contribution is 0.0955. The number of aromatic nitrogens is 4. The van der Waals surface area contributed by atoms with Crippen LogP contribution < -0.4 is 5.43 Å². The van der Waals surface area contributed by atoms with Crippen LogP contribution in [0.15, 0.2) is 112 Å². The van der Waals surface area contributed by atoms with Crippen molar-refractivity contribution in [2.75, 3.05) is 0 Å². The van der Waals surface area contributed by atoms with Crippen molar-refractivity contribution in [1.82, 2.24) is 25.2 Å². The molecule has 6 aromatic rings. The van der Waals surface area contributed by atoms with Crippen molar-refractivity contribution in [3.8, 4) is 17.1 Å². The second-order valence-electron chi connectivity index (χ2n) is 9.48. The van der Waals surface area contributed by atoms with Gasteiger partial charge in [-0.3, -0.25) is 4.79 Å². The molecule has 41 heavy (non-hydrogen) atoms. The van der Waals surface area contributed by atoms with Crippen LogP contribution in [0.25, 0.3) is 28.1 Å². The maximum Gasteiger partial charge on any atom is 0.271 e. The van der Waals surface area contributed by atoms with Crippen molar-refractivity contribution in [1.29, 1.82) is 0 Å². The molecular formula is C32H26N6O2S. The highest BCUT2D eigenvalue weighted by molar-refractivity contribution is 7.98. The van der Waals surface area contributed by atoms with E-state index in [1.54, 1.807) is 34.8 Å². The average Bonchev–Trinajstić information content (AvgIpc) is 3.61. The monoisotopic (exact) mass is 558 g/mol. The number of fused-ring (bicyclic) bond motifs is 1. The molecule has 0 spiro atoms. The average molecular weight is 559 g/mol. The fourth-order valence-corrected chi connectivity index (χ4v) is 5.27. The van der Waals surface area contributed by atoms with Gasteiger partial charge in [0.2, 0.25) is 0 Å².